The molecule has 2 aromatic carbocycles. The van der Waals surface area contributed by atoms with Crippen LogP contribution in [-0.4, -0.2) is 50.5 Å². The van der Waals surface area contributed by atoms with Crippen molar-refractivity contribution in [3.05, 3.63) is 36.4 Å². The summed E-state index contributed by atoms with van der Waals surface area (Å²) in [5, 5.41) is 10.9. The lowest BCUT2D eigenvalue weighted by Crippen LogP contribution is -2.47. The second-order valence-corrected chi connectivity index (χ2v) is 8.35. The van der Waals surface area contributed by atoms with Crippen molar-refractivity contribution in [3.8, 4) is 0 Å². The fraction of sp³-hybridized carbons (Fsp3) is 0.389. The van der Waals surface area contributed by atoms with Gasteiger partial charge in [-0.2, -0.15) is 4.31 Å². The Morgan fingerprint density at radius 2 is 1.80 bits per heavy atom. The minimum Gasteiger partial charge on any atom is -0.480 e. The number of rotatable bonds is 4. The number of aliphatic carboxylic acids is 1. The first-order chi connectivity index (χ1) is 11.8. The fourth-order valence-corrected chi connectivity index (χ4v) is 5.30. The third-order valence-electron chi connectivity index (χ3n) is 4.67. The number of hydrogen-bond donors (Lipinski definition) is 1. The number of carboxylic acids is 1. The topological polar surface area (TPSA) is 77.9 Å². The number of fused-ring (bicyclic) bond motifs is 1. The van der Waals surface area contributed by atoms with Gasteiger partial charge in [0.1, 0.15) is 6.04 Å². The molecule has 1 heterocycles. The first kappa shape index (κ1) is 17.7. The van der Waals surface area contributed by atoms with E-state index in [0.717, 1.165) is 21.8 Å². The highest BCUT2D eigenvalue weighted by atomic mass is 32.2. The summed E-state index contributed by atoms with van der Waals surface area (Å²) in [5.41, 5.74) is 0.919. The van der Waals surface area contributed by atoms with Crippen LogP contribution < -0.4 is 4.90 Å². The zero-order valence-electron chi connectivity index (χ0n) is 14.3. The highest BCUT2D eigenvalue weighted by molar-refractivity contribution is 7.89. The normalized spacial score (nSPS) is 19.0. The van der Waals surface area contributed by atoms with E-state index in [-0.39, 0.29) is 11.4 Å². The van der Waals surface area contributed by atoms with Crippen LogP contribution >= 0.6 is 0 Å². The molecule has 0 radical (unpaired) electrons. The largest absolute Gasteiger partial charge is 0.480 e. The molecule has 6 nitrogen and oxygen atoms in total. The third kappa shape index (κ3) is 3.09. The van der Waals surface area contributed by atoms with Gasteiger partial charge in [0, 0.05) is 37.1 Å². The number of sulfonamides is 1. The minimum atomic E-state index is -3.89. The van der Waals surface area contributed by atoms with Gasteiger partial charge < -0.3 is 10.0 Å². The molecule has 25 heavy (non-hydrogen) atoms. The highest BCUT2D eigenvalue weighted by Gasteiger charge is 2.38. The SMILES string of the molecule is CN(C)c1cccc2c(S(=O)(=O)N3CCCCC3C(=O)O)cccc12. The molecular weight excluding hydrogens is 340 g/mol. The average molecular weight is 362 g/mol. The summed E-state index contributed by atoms with van der Waals surface area (Å²) in [7, 11) is -0.0837. The van der Waals surface area contributed by atoms with Gasteiger partial charge in [-0.1, -0.05) is 24.3 Å². The Labute approximate surface area is 147 Å². The molecule has 1 saturated heterocycles. The van der Waals surface area contributed by atoms with Crippen LogP contribution in [0.4, 0.5) is 5.69 Å². The van der Waals surface area contributed by atoms with Gasteiger partial charge in [0.25, 0.3) is 0 Å². The van der Waals surface area contributed by atoms with Crippen molar-refractivity contribution in [2.45, 2.75) is 30.2 Å². The predicted molar refractivity (Wildman–Crippen MR) is 97.4 cm³/mol. The summed E-state index contributed by atoms with van der Waals surface area (Å²) in [5.74, 6) is -1.09. The van der Waals surface area contributed by atoms with E-state index >= 15 is 0 Å². The summed E-state index contributed by atoms with van der Waals surface area (Å²) in [6.07, 6.45) is 1.75. The van der Waals surface area contributed by atoms with E-state index in [4.69, 9.17) is 0 Å². The molecule has 3 rings (SSSR count). The molecular formula is C18H22N2O4S. The summed E-state index contributed by atoms with van der Waals surface area (Å²) in [4.78, 5) is 13.6. The zero-order chi connectivity index (χ0) is 18.2. The van der Waals surface area contributed by atoms with Crippen molar-refractivity contribution < 1.29 is 18.3 Å². The number of nitrogens with zero attached hydrogens (tertiary/aromatic N) is 2. The van der Waals surface area contributed by atoms with Gasteiger partial charge in [-0.3, -0.25) is 4.79 Å². The van der Waals surface area contributed by atoms with Crippen LogP contribution in [0.3, 0.4) is 0 Å². The number of piperidine rings is 1. The van der Waals surface area contributed by atoms with Gasteiger partial charge in [-0.25, -0.2) is 8.42 Å². The van der Waals surface area contributed by atoms with Crippen molar-refractivity contribution >= 4 is 32.5 Å². The zero-order valence-corrected chi connectivity index (χ0v) is 15.2. The molecule has 0 aromatic heterocycles. The van der Waals surface area contributed by atoms with E-state index in [0.29, 0.717) is 18.2 Å². The fourth-order valence-electron chi connectivity index (χ4n) is 3.45. The van der Waals surface area contributed by atoms with Crippen LogP contribution in [-0.2, 0) is 14.8 Å². The number of anilines is 1. The maximum atomic E-state index is 13.2. The lowest BCUT2D eigenvalue weighted by atomic mass is 10.1. The van der Waals surface area contributed by atoms with Gasteiger partial charge in [0.15, 0.2) is 0 Å². The summed E-state index contributed by atoms with van der Waals surface area (Å²) < 4.78 is 27.6. The molecule has 134 valence electrons. The molecule has 0 aliphatic carbocycles. The Kier molecular flexibility index (Phi) is 4.71. The molecule has 2 aromatic rings. The van der Waals surface area contributed by atoms with Crippen molar-refractivity contribution in [1.29, 1.82) is 0 Å². The van der Waals surface area contributed by atoms with Crippen molar-refractivity contribution in [1.82, 2.24) is 4.31 Å². The molecule has 1 N–H and O–H groups in total. The van der Waals surface area contributed by atoms with E-state index < -0.39 is 22.0 Å². The van der Waals surface area contributed by atoms with Crippen LogP contribution in [0.5, 0.6) is 0 Å². The number of carboxylic acid groups (broad SMARTS) is 1. The maximum Gasteiger partial charge on any atom is 0.322 e. The van der Waals surface area contributed by atoms with E-state index in [2.05, 4.69) is 0 Å². The highest BCUT2D eigenvalue weighted by Crippen LogP contribution is 2.33. The monoisotopic (exact) mass is 362 g/mol. The van der Waals surface area contributed by atoms with Gasteiger partial charge >= 0.3 is 5.97 Å². The van der Waals surface area contributed by atoms with Crippen LogP contribution in [0.25, 0.3) is 10.8 Å². The second-order valence-electron chi connectivity index (χ2n) is 6.49. The first-order valence-corrected chi connectivity index (χ1v) is 9.72. The molecule has 1 aliphatic heterocycles. The maximum absolute atomic E-state index is 13.2. The summed E-state index contributed by atoms with van der Waals surface area (Å²) in [6, 6.07) is 9.68. The van der Waals surface area contributed by atoms with E-state index in [1.54, 1.807) is 18.2 Å². The summed E-state index contributed by atoms with van der Waals surface area (Å²) >= 11 is 0. The number of benzene rings is 2. The second kappa shape index (κ2) is 6.65. The van der Waals surface area contributed by atoms with E-state index in [1.165, 1.54) is 0 Å². The van der Waals surface area contributed by atoms with Crippen LogP contribution in [0.1, 0.15) is 19.3 Å². The molecule has 1 fully saturated rings. The molecule has 0 saturated carbocycles. The van der Waals surface area contributed by atoms with Crippen LogP contribution in [0.2, 0.25) is 0 Å². The standard InChI is InChI=1S/C18H22N2O4S/c1-19(2)15-10-5-8-14-13(15)7-6-11-17(14)25(23,24)20-12-4-3-9-16(20)18(21)22/h5-8,10-11,16H,3-4,9,12H2,1-2H3,(H,21,22). The molecule has 1 atom stereocenters. The first-order valence-electron chi connectivity index (χ1n) is 8.28. The molecule has 1 aliphatic rings. The average Bonchev–Trinajstić information content (AvgIpc) is 2.60. The van der Waals surface area contributed by atoms with Crippen LogP contribution in [0, 0.1) is 0 Å². The van der Waals surface area contributed by atoms with E-state index in [9.17, 15) is 18.3 Å². The Bertz CT molecular complexity index is 908. The van der Waals surface area contributed by atoms with Gasteiger partial charge in [0.05, 0.1) is 4.90 Å². The van der Waals surface area contributed by atoms with Crippen molar-refractivity contribution in [2.75, 3.05) is 25.5 Å². The van der Waals surface area contributed by atoms with E-state index in [1.807, 2.05) is 37.2 Å². The third-order valence-corrected chi connectivity index (χ3v) is 6.63. The quantitative estimate of drug-likeness (QED) is 0.904. The van der Waals surface area contributed by atoms with Gasteiger partial charge in [0.2, 0.25) is 10.0 Å². The van der Waals surface area contributed by atoms with Gasteiger partial charge in [-0.15, -0.1) is 0 Å². The Morgan fingerprint density at radius 1 is 1.12 bits per heavy atom. The smallest absolute Gasteiger partial charge is 0.322 e. The van der Waals surface area contributed by atoms with Gasteiger partial charge in [-0.05, 0) is 31.4 Å². The molecule has 1 unspecified atom stereocenters. The number of hydrogen-bond acceptors (Lipinski definition) is 4. The lowest BCUT2D eigenvalue weighted by Gasteiger charge is -2.32. The lowest BCUT2D eigenvalue weighted by molar-refractivity contribution is -0.142. The van der Waals surface area contributed by atoms with Crippen LogP contribution in [0.15, 0.2) is 41.3 Å². The Morgan fingerprint density at radius 3 is 2.48 bits per heavy atom. The Balaban J connectivity index is 2.18. The summed E-state index contributed by atoms with van der Waals surface area (Å²) in [6.45, 7) is 0.239. The molecule has 0 amide bonds. The molecule has 0 spiro atoms. The minimum absolute atomic E-state index is 0.168. The molecule has 7 heteroatoms. The van der Waals surface area contributed by atoms with Crippen molar-refractivity contribution in [3.63, 3.8) is 0 Å². The molecule has 0 bridgehead atoms. The van der Waals surface area contributed by atoms with Crippen molar-refractivity contribution in [2.24, 2.45) is 0 Å². The number of carbonyl (C=O) groups is 1. The Hall–Kier alpha value is -2.12. The predicted octanol–water partition coefficient (Wildman–Crippen LogP) is 2.53.